The van der Waals surface area contributed by atoms with Crippen molar-refractivity contribution in [2.45, 2.75) is 19.0 Å². The van der Waals surface area contributed by atoms with E-state index in [0.717, 1.165) is 28.5 Å². The van der Waals surface area contributed by atoms with E-state index >= 15 is 0 Å². The molecule has 1 saturated heterocycles. The molecule has 4 nitrogen and oxygen atoms in total. The maximum Gasteiger partial charge on any atom is 0.174 e. The van der Waals surface area contributed by atoms with E-state index < -0.39 is 0 Å². The van der Waals surface area contributed by atoms with E-state index in [0.29, 0.717) is 5.11 Å². The molecule has 0 amide bonds. The van der Waals surface area contributed by atoms with Crippen LogP contribution < -0.4 is 10.2 Å². The standard InChI is InChI=1S/C25H21N3OS/c1-17-10-12-19(13-11-17)28-24(23(27-25(28)30)20-9-5-6-16-26-20)22-15-14-21(29-22)18-7-3-2-4-8-18/h2-16,23-24H,1H3,(H,27,30)/t23-,24-/m0/s1. The van der Waals surface area contributed by atoms with Crippen LogP contribution in [0.25, 0.3) is 11.3 Å². The minimum Gasteiger partial charge on any atom is -0.459 e. The Morgan fingerprint density at radius 3 is 2.40 bits per heavy atom. The van der Waals surface area contributed by atoms with Gasteiger partial charge in [-0.1, -0.05) is 54.1 Å². The number of aryl methyl sites for hydroxylation is 1. The Balaban J connectivity index is 1.60. The fourth-order valence-corrected chi connectivity index (χ4v) is 4.24. The summed E-state index contributed by atoms with van der Waals surface area (Å²) < 4.78 is 6.36. The number of hydrogen-bond acceptors (Lipinski definition) is 3. The molecular weight excluding hydrogens is 390 g/mol. The predicted octanol–water partition coefficient (Wildman–Crippen LogP) is 5.83. The normalized spacial score (nSPS) is 18.4. The first kappa shape index (κ1) is 18.6. The van der Waals surface area contributed by atoms with Crippen molar-refractivity contribution in [3.63, 3.8) is 0 Å². The smallest absolute Gasteiger partial charge is 0.174 e. The molecule has 2 aromatic carbocycles. The van der Waals surface area contributed by atoms with Crippen molar-refractivity contribution in [1.82, 2.24) is 10.3 Å². The maximum absolute atomic E-state index is 6.36. The van der Waals surface area contributed by atoms with Crippen LogP contribution in [0.15, 0.2) is 95.5 Å². The van der Waals surface area contributed by atoms with Gasteiger partial charge in [0.05, 0.1) is 11.7 Å². The Morgan fingerprint density at radius 1 is 0.900 bits per heavy atom. The molecule has 0 spiro atoms. The summed E-state index contributed by atoms with van der Waals surface area (Å²) in [6.45, 7) is 2.08. The maximum atomic E-state index is 6.36. The molecule has 4 aromatic rings. The molecule has 0 bridgehead atoms. The highest BCUT2D eigenvalue weighted by atomic mass is 32.1. The number of pyridine rings is 1. The molecule has 5 heteroatoms. The largest absolute Gasteiger partial charge is 0.459 e. The van der Waals surface area contributed by atoms with Crippen molar-refractivity contribution in [2.75, 3.05) is 4.90 Å². The second kappa shape index (κ2) is 7.76. The molecule has 0 aliphatic carbocycles. The topological polar surface area (TPSA) is 41.3 Å². The number of benzene rings is 2. The van der Waals surface area contributed by atoms with Gasteiger partial charge in [0, 0.05) is 17.4 Å². The molecule has 1 fully saturated rings. The minimum atomic E-state index is -0.146. The van der Waals surface area contributed by atoms with Gasteiger partial charge in [-0.3, -0.25) is 4.98 Å². The third kappa shape index (κ3) is 3.37. The Labute approximate surface area is 181 Å². The first-order chi connectivity index (χ1) is 14.7. The number of nitrogens with one attached hydrogen (secondary N) is 1. The predicted molar refractivity (Wildman–Crippen MR) is 123 cm³/mol. The zero-order valence-electron chi connectivity index (χ0n) is 16.5. The molecule has 1 N–H and O–H groups in total. The van der Waals surface area contributed by atoms with Crippen LogP contribution in [0.3, 0.4) is 0 Å². The summed E-state index contributed by atoms with van der Waals surface area (Å²) in [6, 6.07) is 28.3. The molecule has 2 atom stereocenters. The van der Waals surface area contributed by atoms with Crippen LogP contribution in [0.1, 0.15) is 29.1 Å². The highest BCUT2D eigenvalue weighted by Crippen LogP contribution is 2.42. The fourth-order valence-electron chi connectivity index (χ4n) is 3.90. The number of aromatic nitrogens is 1. The average molecular weight is 412 g/mol. The lowest BCUT2D eigenvalue weighted by Crippen LogP contribution is -2.29. The van der Waals surface area contributed by atoms with Crippen LogP contribution in [0.2, 0.25) is 0 Å². The van der Waals surface area contributed by atoms with E-state index in [9.17, 15) is 0 Å². The lowest BCUT2D eigenvalue weighted by molar-refractivity contribution is 0.439. The quantitative estimate of drug-likeness (QED) is 0.428. The third-order valence-electron chi connectivity index (χ3n) is 5.39. The van der Waals surface area contributed by atoms with E-state index in [1.807, 2.05) is 66.9 Å². The molecule has 0 radical (unpaired) electrons. The van der Waals surface area contributed by atoms with Crippen LogP contribution in [-0.4, -0.2) is 10.1 Å². The summed E-state index contributed by atoms with van der Waals surface area (Å²) in [6.07, 6.45) is 1.81. The van der Waals surface area contributed by atoms with Gasteiger partial charge in [0.2, 0.25) is 0 Å². The zero-order valence-corrected chi connectivity index (χ0v) is 17.3. The molecule has 2 aromatic heterocycles. The molecular formula is C25H21N3OS. The Morgan fingerprint density at radius 2 is 1.67 bits per heavy atom. The number of anilines is 1. The van der Waals surface area contributed by atoms with Gasteiger partial charge < -0.3 is 14.6 Å². The van der Waals surface area contributed by atoms with Gasteiger partial charge in [0.1, 0.15) is 17.6 Å². The van der Waals surface area contributed by atoms with Gasteiger partial charge in [-0.05, 0) is 55.5 Å². The molecule has 5 rings (SSSR count). The van der Waals surface area contributed by atoms with Crippen LogP contribution >= 0.6 is 12.2 Å². The van der Waals surface area contributed by atoms with Gasteiger partial charge in [0.15, 0.2) is 5.11 Å². The third-order valence-corrected chi connectivity index (χ3v) is 5.70. The summed E-state index contributed by atoms with van der Waals surface area (Å²) >= 11 is 5.76. The van der Waals surface area contributed by atoms with Crippen LogP contribution in [0.4, 0.5) is 5.69 Å². The van der Waals surface area contributed by atoms with Gasteiger partial charge in [0.25, 0.3) is 0 Å². The number of hydrogen-bond donors (Lipinski definition) is 1. The van der Waals surface area contributed by atoms with Crippen molar-refractivity contribution in [3.8, 4) is 11.3 Å². The van der Waals surface area contributed by atoms with Crippen molar-refractivity contribution in [3.05, 3.63) is 108 Å². The van der Waals surface area contributed by atoms with Crippen LogP contribution in [0.5, 0.6) is 0 Å². The minimum absolute atomic E-state index is 0.116. The summed E-state index contributed by atoms with van der Waals surface area (Å²) in [7, 11) is 0. The van der Waals surface area contributed by atoms with Crippen molar-refractivity contribution in [2.24, 2.45) is 0 Å². The van der Waals surface area contributed by atoms with E-state index in [1.165, 1.54) is 5.56 Å². The summed E-state index contributed by atoms with van der Waals surface area (Å²) in [5.74, 6) is 1.68. The van der Waals surface area contributed by atoms with E-state index in [-0.39, 0.29) is 12.1 Å². The number of thiocarbonyl (C=S) groups is 1. The average Bonchev–Trinajstić information content (AvgIpc) is 3.40. The molecule has 1 aliphatic heterocycles. The molecule has 1 aliphatic rings. The summed E-state index contributed by atoms with van der Waals surface area (Å²) in [4.78, 5) is 6.71. The Hall–Kier alpha value is -3.44. The Bertz CT molecular complexity index is 1160. The van der Waals surface area contributed by atoms with E-state index in [1.54, 1.807) is 0 Å². The molecule has 3 heterocycles. The summed E-state index contributed by atoms with van der Waals surface area (Å²) in [5.41, 5.74) is 4.21. The van der Waals surface area contributed by atoms with Gasteiger partial charge in [-0.25, -0.2) is 0 Å². The second-order valence-electron chi connectivity index (χ2n) is 7.40. The molecule has 30 heavy (non-hydrogen) atoms. The number of nitrogens with zero attached hydrogens (tertiary/aromatic N) is 2. The first-order valence-electron chi connectivity index (χ1n) is 9.93. The highest BCUT2D eigenvalue weighted by Gasteiger charge is 2.42. The van der Waals surface area contributed by atoms with Crippen molar-refractivity contribution >= 4 is 23.0 Å². The lowest BCUT2D eigenvalue weighted by Gasteiger charge is -2.26. The van der Waals surface area contributed by atoms with Crippen molar-refractivity contribution in [1.29, 1.82) is 0 Å². The SMILES string of the molecule is Cc1ccc(N2C(=S)N[C@@H](c3ccccn3)[C@@H]2c2ccc(-c3ccccc3)o2)cc1. The van der Waals surface area contributed by atoms with Crippen LogP contribution in [-0.2, 0) is 0 Å². The first-order valence-corrected chi connectivity index (χ1v) is 10.3. The van der Waals surface area contributed by atoms with Crippen LogP contribution in [0, 0.1) is 6.92 Å². The molecule has 0 saturated carbocycles. The van der Waals surface area contributed by atoms with Crippen molar-refractivity contribution < 1.29 is 4.42 Å². The number of furan rings is 1. The summed E-state index contributed by atoms with van der Waals surface area (Å²) in [5, 5.41) is 4.13. The van der Waals surface area contributed by atoms with E-state index in [4.69, 9.17) is 16.6 Å². The van der Waals surface area contributed by atoms with Gasteiger partial charge in [-0.15, -0.1) is 0 Å². The number of rotatable bonds is 4. The lowest BCUT2D eigenvalue weighted by atomic mass is 10.0. The molecule has 0 unspecified atom stereocenters. The monoisotopic (exact) mass is 411 g/mol. The molecule has 148 valence electrons. The fraction of sp³-hybridized carbons (Fsp3) is 0.120. The Kier molecular flexibility index (Phi) is 4.81. The van der Waals surface area contributed by atoms with Gasteiger partial charge >= 0.3 is 0 Å². The van der Waals surface area contributed by atoms with E-state index in [2.05, 4.69) is 46.4 Å². The zero-order chi connectivity index (χ0) is 20.5. The second-order valence-corrected chi connectivity index (χ2v) is 7.79. The highest BCUT2D eigenvalue weighted by molar-refractivity contribution is 7.80. The van der Waals surface area contributed by atoms with Gasteiger partial charge in [-0.2, -0.15) is 0 Å².